The Balaban J connectivity index is 2.87. The second-order valence-electron chi connectivity index (χ2n) is 4.13. The molecule has 0 spiro atoms. The summed E-state index contributed by atoms with van der Waals surface area (Å²) < 4.78 is 22.2. The van der Waals surface area contributed by atoms with Crippen LogP contribution >= 0.6 is 0 Å². The minimum Gasteiger partial charge on any atom is -0.497 e. The molecule has 1 aromatic rings. The number of hydrogen-bond acceptors (Lipinski definition) is 4. The van der Waals surface area contributed by atoms with E-state index in [9.17, 15) is 9.00 Å². The third-order valence-electron chi connectivity index (χ3n) is 2.83. The van der Waals surface area contributed by atoms with Crippen molar-refractivity contribution < 1.29 is 18.5 Å². The van der Waals surface area contributed by atoms with Gasteiger partial charge >= 0.3 is 5.97 Å². The van der Waals surface area contributed by atoms with Gasteiger partial charge in [0.15, 0.2) is 0 Å². The Hall–Kier alpha value is -1.36. The van der Waals surface area contributed by atoms with Gasteiger partial charge in [-0.1, -0.05) is 19.8 Å². The van der Waals surface area contributed by atoms with E-state index >= 15 is 0 Å². The van der Waals surface area contributed by atoms with Gasteiger partial charge in [0.2, 0.25) is 0 Å². The summed E-state index contributed by atoms with van der Waals surface area (Å²) in [7, 11) is 1.51. The molecule has 0 aliphatic rings. The zero-order valence-corrected chi connectivity index (χ0v) is 12.4. The average molecular weight is 284 g/mol. The van der Waals surface area contributed by atoms with E-state index in [-0.39, 0.29) is 0 Å². The van der Waals surface area contributed by atoms with Crippen LogP contribution in [-0.2, 0) is 20.3 Å². The van der Waals surface area contributed by atoms with Crippen LogP contribution in [0.25, 0.3) is 0 Å². The van der Waals surface area contributed by atoms with E-state index in [2.05, 4.69) is 0 Å². The maximum absolute atomic E-state index is 12.4. The first-order valence-electron chi connectivity index (χ1n) is 6.26. The monoisotopic (exact) mass is 284 g/mol. The average Bonchev–Trinajstić information content (AvgIpc) is 2.47. The van der Waals surface area contributed by atoms with Crippen LogP contribution in [0.5, 0.6) is 5.75 Å². The fraction of sp³-hybridized carbons (Fsp3) is 0.500. The zero-order valence-electron chi connectivity index (χ0n) is 11.5. The Morgan fingerprint density at radius 2 is 1.89 bits per heavy atom. The van der Waals surface area contributed by atoms with E-state index < -0.39 is 22.0 Å². The number of unbranched alkanes of at least 4 members (excludes halogenated alkanes) is 1. The summed E-state index contributed by atoms with van der Waals surface area (Å²) in [4.78, 5) is 12.3. The molecule has 0 fully saturated rings. The van der Waals surface area contributed by atoms with Crippen LogP contribution in [0.4, 0.5) is 0 Å². The molecule has 0 aromatic heterocycles. The molecule has 0 heterocycles. The number of methoxy groups -OCH3 is 2. The van der Waals surface area contributed by atoms with Gasteiger partial charge in [0, 0.05) is 4.90 Å². The smallest absolute Gasteiger partial charge is 0.321 e. The van der Waals surface area contributed by atoms with Crippen molar-refractivity contribution in [3.8, 4) is 5.75 Å². The van der Waals surface area contributed by atoms with Gasteiger partial charge in [-0.3, -0.25) is 9.00 Å². The number of rotatable bonds is 7. The lowest BCUT2D eigenvalue weighted by Gasteiger charge is -2.14. The first-order chi connectivity index (χ1) is 9.13. The summed E-state index contributed by atoms with van der Waals surface area (Å²) in [6, 6.07) is 6.91. The molecule has 4 nitrogen and oxygen atoms in total. The molecule has 0 saturated heterocycles. The number of hydrogen-bond donors (Lipinski definition) is 0. The van der Waals surface area contributed by atoms with E-state index in [0.29, 0.717) is 17.1 Å². The van der Waals surface area contributed by atoms with Gasteiger partial charge in [-0.05, 0) is 30.7 Å². The van der Waals surface area contributed by atoms with Crippen LogP contribution < -0.4 is 4.74 Å². The second kappa shape index (κ2) is 7.94. The van der Waals surface area contributed by atoms with Gasteiger partial charge in [0.1, 0.15) is 11.0 Å². The Kier molecular flexibility index (Phi) is 6.56. The van der Waals surface area contributed by atoms with Gasteiger partial charge < -0.3 is 9.47 Å². The van der Waals surface area contributed by atoms with Crippen LogP contribution in [0.15, 0.2) is 29.2 Å². The van der Waals surface area contributed by atoms with Crippen molar-refractivity contribution in [2.45, 2.75) is 36.3 Å². The quantitative estimate of drug-likeness (QED) is 0.722. The third-order valence-corrected chi connectivity index (χ3v) is 4.52. The maximum atomic E-state index is 12.4. The third kappa shape index (κ3) is 4.35. The lowest BCUT2D eigenvalue weighted by atomic mass is 10.2. The number of benzene rings is 1. The first-order valence-corrected chi connectivity index (χ1v) is 7.47. The number of carbonyl (C=O) groups is 1. The summed E-state index contributed by atoms with van der Waals surface area (Å²) in [5, 5.41) is -0.599. The highest BCUT2D eigenvalue weighted by Gasteiger charge is 2.26. The van der Waals surface area contributed by atoms with Gasteiger partial charge in [-0.15, -0.1) is 0 Å². The molecule has 0 N–H and O–H groups in total. The van der Waals surface area contributed by atoms with E-state index in [1.807, 2.05) is 6.92 Å². The fourth-order valence-corrected chi connectivity index (χ4v) is 3.09. The molecule has 106 valence electrons. The molecule has 0 saturated carbocycles. The Bertz CT molecular complexity index is 428. The lowest BCUT2D eigenvalue weighted by Crippen LogP contribution is -2.27. The van der Waals surface area contributed by atoms with Crippen molar-refractivity contribution >= 4 is 16.8 Å². The van der Waals surface area contributed by atoms with Crippen molar-refractivity contribution in [1.29, 1.82) is 0 Å². The summed E-state index contributed by atoms with van der Waals surface area (Å²) in [6.45, 7) is 2.03. The Morgan fingerprint density at radius 3 is 2.37 bits per heavy atom. The van der Waals surface area contributed by atoms with E-state index in [4.69, 9.17) is 9.47 Å². The summed E-state index contributed by atoms with van der Waals surface area (Å²) in [5.74, 6) is 0.284. The topological polar surface area (TPSA) is 52.6 Å². The molecule has 0 bridgehead atoms. The SMILES string of the molecule is CCCCC(C(=O)OC)S(=O)c1ccc(OC)cc1. The summed E-state index contributed by atoms with van der Waals surface area (Å²) >= 11 is 0. The van der Waals surface area contributed by atoms with Crippen LogP contribution in [0, 0.1) is 0 Å². The normalized spacial score (nSPS) is 13.6. The van der Waals surface area contributed by atoms with Gasteiger partial charge in [-0.25, -0.2) is 0 Å². The molecule has 2 unspecified atom stereocenters. The van der Waals surface area contributed by atoms with E-state index in [1.165, 1.54) is 7.11 Å². The Morgan fingerprint density at radius 1 is 1.26 bits per heavy atom. The van der Waals surface area contributed by atoms with Crippen molar-refractivity contribution in [2.75, 3.05) is 14.2 Å². The molecule has 2 atom stereocenters. The Labute approximate surface area is 116 Å². The van der Waals surface area contributed by atoms with Crippen LogP contribution in [0.2, 0.25) is 0 Å². The van der Waals surface area contributed by atoms with Crippen molar-refractivity contribution in [2.24, 2.45) is 0 Å². The molecular formula is C14H20O4S. The zero-order chi connectivity index (χ0) is 14.3. The van der Waals surface area contributed by atoms with Crippen LogP contribution in [0.3, 0.4) is 0 Å². The maximum Gasteiger partial charge on any atom is 0.321 e. The highest BCUT2D eigenvalue weighted by molar-refractivity contribution is 7.86. The molecule has 1 aromatic carbocycles. The van der Waals surface area contributed by atoms with E-state index in [1.54, 1.807) is 31.4 Å². The van der Waals surface area contributed by atoms with Gasteiger partial charge in [0.25, 0.3) is 0 Å². The van der Waals surface area contributed by atoms with Crippen LogP contribution in [0.1, 0.15) is 26.2 Å². The molecule has 0 amide bonds. The van der Waals surface area contributed by atoms with Crippen LogP contribution in [-0.4, -0.2) is 29.6 Å². The predicted molar refractivity (Wildman–Crippen MR) is 74.7 cm³/mol. The molecular weight excluding hydrogens is 264 g/mol. The number of esters is 1. The first kappa shape index (κ1) is 15.7. The molecule has 0 aliphatic carbocycles. The fourth-order valence-electron chi connectivity index (χ4n) is 1.71. The standard InChI is InChI=1S/C14H20O4S/c1-4-5-6-13(14(15)18-3)19(16)12-9-7-11(17-2)8-10-12/h7-10,13H,4-6H2,1-3H3. The molecule has 19 heavy (non-hydrogen) atoms. The minimum absolute atomic E-state index is 0.414. The van der Waals surface area contributed by atoms with Crippen molar-refractivity contribution in [3.05, 3.63) is 24.3 Å². The highest BCUT2D eigenvalue weighted by Crippen LogP contribution is 2.20. The van der Waals surface area contributed by atoms with Crippen molar-refractivity contribution in [1.82, 2.24) is 0 Å². The number of ether oxygens (including phenoxy) is 2. The highest BCUT2D eigenvalue weighted by atomic mass is 32.2. The molecule has 1 rings (SSSR count). The summed E-state index contributed by atoms with van der Waals surface area (Å²) in [6.07, 6.45) is 2.37. The predicted octanol–water partition coefficient (Wildman–Crippen LogP) is 2.53. The largest absolute Gasteiger partial charge is 0.497 e. The van der Waals surface area contributed by atoms with E-state index in [0.717, 1.165) is 12.8 Å². The molecule has 0 aliphatic heterocycles. The molecule has 0 radical (unpaired) electrons. The van der Waals surface area contributed by atoms with Gasteiger partial charge in [-0.2, -0.15) is 0 Å². The minimum atomic E-state index is -1.39. The van der Waals surface area contributed by atoms with Gasteiger partial charge in [0.05, 0.1) is 25.0 Å². The molecule has 5 heteroatoms. The number of carbonyl (C=O) groups excluding carboxylic acids is 1. The van der Waals surface area contributed by atoms with Crippen molar-refractivity contribution in [3.63, 3.8) is 0 Å². The second-order valence-corrected chi connectivity index (χ2v) is 5.76. The summed E-state index contributed by atoms with van der Waals surface area (Å²) in [5.41, 5.74) is 0. The lowest BCUT2D eigenvalue weighted by molar-refractivity contribution is -0.140.